The Kier molecular flexibility index (Phi) is 6.30. The van der Waals surface area contributed by atoms with Gasteiger partial charge in [-0.05, 0) is 31.2 Å². The summed E-state index contributed by atoms with van der Waals surface area (Å²) in [5.74, 6) is 0.318. The first kappa shape index (κ1) is 25.0. The number of anilines is 1. The molecule has 4 heterocycles. The van der Waals surface area contributed by atoms with E-state index in [1.54, 1.807) is 22.8 Å². The zero-order valence-corrected chi connectivity index (χ0v) is 21.8. The van der Waals surface area contributed by atoms with Crippen molar-refractivity contribution in [3.8, 4) is 23.0 Å². The molecule has 0 aliphatic heterocycles. The second-order valence-corrected chi connectivity index (χ2v) is 9.48. The molecule has 2 N–H and O–H groups in total. The van der Waals surface area contributed by atoms with E-state index >= 15 is 0 Å². The second-order valence-electron chi connectivity index (χ2n) is 9.10. The van der Waals surface area contributed by atoms with Gasteiger partial charge in [0.25, 0.3) is 5.56 Å². The summed E-state index contributed by atoms with van der Waals surface area (Å²) >= 11 is 7.12. The third-order valence-electron chi connectivity index (χ3n) is 6.68. The molecule has 194 valence electrons. The Morgan fingerprint density at radius 3 is 2.55 bits per heavy atom. The van der Waals surface area contributed by atoms with E-state index in [4.69, 9.17) is 11.6 Å². The number of benzene rings is 2. The topological polar surface area (TPSA) is 129 Å². The molecule has 40 heavy (non-hydrogen) atoms. The van der Waals surface area contributed by atoms with Gasteiger partial charge in [-0.1, -0.05) is 48.0 Å². The number of hydrogen-bond acceptors (Lipinski definition) is 7. The molecule has 0 saturated carbocycles. The van der Waals surface area contributed by atoms with Crippen molar-refractivity contribution in [2.45, 2.75) is 13.0 Å². The van der Waals surface area contributed by atoms with Crippen LogP contribution in [0.3, 0.4) is 0 Å². The molecular formula is C30H20ClN7O2. The maximum absolute atomic E-state index is 14.4. The predicted octanol–water partition coefficient (Wildman–Crippen LogP) is 5.38. The fourth-order valence-electron chi connectivity index (χ4n) is 4.86. The van der Waals surface area contributed by atoms with Crippen molar-refractivity contribution in [2.75, 3.05) is 5.32 Å². The lowest BCUT2D eigenvalue weighted by Gasteiger charge is -2.24. The van der Waals surface area contributed by atoms with Crippen LogP contribution < -0.4 is 16.3 Å². The van der Waals surface area contributed by atoms with E-state index in [2.05, 4.69) is 31.3 Å². The van der Waals surface area contributed by atoms with Crippen molar-refractivity contribution in [3.05, 3.63) is 122 Å². The average molecular weight is 546 g/mol. The third-order valence-corrected chi connectivity index (χ3v) is 7.08. The highest BCUT2D eigenvalue weighted by molar-refractivity contribution is 6.36. The Labute approximate surface area is 232 Å². The Balaban J connectivity index is 1.61. The van der Waals surface area contributed by atoms with Crippen molar-refractivity contribution < 1.29 is 0 Å². The summed E-state index contributed by atoms with van der Waals surface area (Å²) in [5.41, 5.74) is 2.53. The minimum absolute atomic E-state index is 0.242. The maximum Gasteiger partial charge on any atom is 0.264 e. The largest absolute Gasteiger partial charge is 0.361 e. The number of aromatic nitrogens is 5. The molecule has 2 aromatic carbocycles. The van der Waals surface area contributed by atoms with Crippen LogP contribution >= 0.6 is 11.6 Å². The van der Waals surface area contributed by atoms with Gasteiger partial charge in [-0.2, -0.15) is 5.26 Å². The molecule has 0 bridgehead atoms. The lowest BCUT2D eigenvalue weighted by molar-refractivity contribution is 0.774. The molecule has 0 aliphatic rings. The standard InChI is InChI=1S/C30H20ClN7O2/c1-17(37-29-25-23(39)12-13-33-28(25)35-16-36-29)27-26(31)21-9-5-8-20(22-11-10-18(14-32)15-34-22)24(21)30(40)38(27)19-6-3-2-4-7-19/h2-13,15-17H,1H3,(H2,33,35,36,37,39)/t17-/m0/s1. The Hall–Kier alpha value is -5.33. The number of hydrogen-bond donors (Lipinski definition) is 2. The number of pyridine rings is 3. The molecule has 0 unspecified atom stereocenters. The van der Waals surface area contributed by atoms with Crippen molar-refractivity contribution >= 4 is 39.2 Å². The summed E-state index contributed by atoms with van der Waals surface area (Å²) in [6, 6.07) is 20.9. The molecule has 6 aromatic rings. The first-order valence-corrected chi connectivity index (χ1v) is 12.7. The number of halogens is 1. The maximum atomic E-state index is 14.4. The van der Waals surface area contributed by atoms with Gasteiger partial charge in [0.2, 0.25) is 0 Å². The van der Waals surface area contributed by atoms with Crippen molar-refractivity contribution in [2.24, 2.45) is 0 Å². The normalized spacial score (nSPS) is 11.8. The first-order chi connectivity index (χ1) is 19.5. The molecule has 0 aliphatic carbocycles. The molecule has 10 heteroatoms. The smallest absolute Gasteiger partial charge is 0.264 e. The van der Waals surface area contributed by atoms with E-state index < -0.39 is 6.04 Å². The number of nitrogens with zero attached hydrogens (tertiary/aromatic N) is 5. The molecule has 1 atom stereocenters. The average Bonchev–Trinajstić information content (AvgIpc) is 2.99. The summed E-state index contributed by atoms with van der Waals surface area (Å²) in [5, 5.41) is 14.1. The van der Waals surface area contributed by atoms with Gasteiger partial charge in [0.1, 0.15) is 29.2 Å². The zero-order chi connectivity index (χ0) is 27.8. The van der Waals surface area contributed by atoms with Gasteiger partial charge in [0.05, 0.1) is 33.4 Å². The summed E-state index contributed by atoms with van der Waals surface area (Å²) < 4.78 is 1.57. The number of nitrogens with one attached hydrogen (secondary N) is 2. The van der Waals surface area contributed by atoms with Crippen LogP contribution in [0.15, 0.2) is 95.0 Å². The highest BCUT2D eigenvalue weighted by Crippen LogP contribution is 2.36. The fraction of sp³-hybridized carbons (Fsp3) is 0.0667. The molecule has 0 spiro atoms. The lowest BCUT2D eigenvalue weighted by atomic mass is 10.00. The number of fused-ring (bicyclic) bond motifs is 2. The number of nitriles is 1. The molecule has 4 aromatic heterocycles. The number of para-hydroxylation sites is 1. The van der Waals surface area contributed by atoms with Gasteiger partial charge in [0, 0.05) is 35.1 Å². The fourth-order valence-corrected chi connectivity index (χ4v) is 5.27. The van der Waals surface area contributed by atoms with Crippen LogP contribution in [0.5, 0.6) is 0 Å². The number of H-pyrrole nitrogens is 1. The van der Waals surface area contributed by atoms with Crippen molar-refractivity contribution in [1.82, 2.24) is 24.5 Å². The van der Waals surface area contributed by atoms with Gasteiger partial charge in [0.15, 0.2) is 5.43 Å². The number of rotatable bonds is 5. The molecule has 0 saturated heterocycles. The van der Waals surface area contributed by atoms with Gasteiger partial charge in [-0.15, -0.1) is 0 Å². The highest BCUT2D eigenvalue weighted by atomic mass is 35.5. The Morgan fingerprint density at radius 1 is 0.975 bits per heavy atom. The second kappa shape index (κ2) is 10.1. The van der Waals surface area contributed by atoms with Crippen LogP contribution in [0.4, 0.5) is 5.82 Å². The summed E-state index contributed by atoms with van der Waals surface area (Å²) in [6.07, 6.45) is 4.36. The summed E-state index contributed by atoms with van der Waals surface area (Å²) in [7, 11) is 0. The van der Waals surface area contributed by atoms with Crippen LogP contribution in [0.1, 0.15) is 24.2 Å². The monoisotopic (exact) mass is 545 g/mol. The van der Waals surface area contributed by atoms with Crippen LogP contribution in [-0.2, 0) is 0 Å². The third kappa shape index (κ3) is 4.17. The minimum Gasteiger partial charge on any atom is -0.361 e. The van der Waals surface area contributed by atoms with E-state index in [9.17, 15) is 14.9 Å². The van der Waals surface area contributed by atoms with E-state index in [1.807, 2.05) is 49.4 Å². The van der Waals surface area contributed by atoms with Gasteiger partial charge in [-0.25, -0.2) is 9.97 Å². The molecule has 0 fully saturated rings. The van der Waals surface area contributed by atoms with Crippen LogP contribution in [0.25, 0.3) is 38.8 Å². The highest BCUT2D eigenvalue weighted by Gasteiger charge is 2.24. The van der Waals surface area contributed by atoms with Crippen LogP contribution in [0.2, 0.25) is 5.02 Å². The van der Waals surface area contributed by atoms with Crippen molar-refractivity contribution in [3.63, 3.8) is 0 Å². The Bertz CT molecular complexity index is 2060. The predicted molar refractivity (Wildman–Crippen MR) is 155 cm³/mol. The minimum atomic E-state index is -0.556. The zero-order valence-electron chi connectivity index (χ0n) is 21.1. The number of aromatic amines is 1. The molecule has 0 amide bonds. The Morgan fingerprint density at radius 2 is 1.80 bits per heavy atom. The summed E-state index contributed by atoms with van der Waals surface area (Å²) in [6.45, 7) is 1.85. The quantitative estimate of drug-likeness (QED) is 0.297. The molecule has 6 rings (SSSR count). The van der Waals surface area contributed by atoms with Gasteiger partial charge in [-0.3, -0.25) is 19.1 Å². The SMILES string of the molecule is C[C@H](Nc1ncnc2[nH]ccc(=O)c12)c1c(Cl)c2cccc(-c3ccc(C#N)cn3)c2c(=O)n1-c1ccccc1. The van der Waals surface area contributed by atoms with Crippen LogP contribution in [0, 0.1) is 11.3 Å². The first-order valence-electron chi connectivity index (χ1n) is 12.4. The molecular weight excluding hydrogens is 526 g/mol. The van der Waals surface area contributed by atoms with Crippen molar-refractivity contribution in [1.29, 1.82) is 5.26 Å². The van der Waals surface area contributed by atoms with E-state index in [1.165, 1.54) is 24.8 Å². The van der Waals surface area contributed by atoms with Gasteiger partial charge >= 0.3 is 0 Å². The van der Waals surface area contributed by atoms with E-state index in [-0.39, 0.29) is 11.0 Å². The van der Waals surface area contributed by atoms with Gasteiger partial charge < -0.3 is 10.3 Å². The van der Waals surface area contributed by atoms with E-state index in [0.717, 1.165) is 0 Å². The van der Waals surface area contributed by atoms with Crippen LogP contribution in [-0.4, -0.2) is 24.5 Å². The molecule has 9 nitrogen and oxygen atoms in total. The summed E-state index contributed by atoms with van der Waals surface area (Å²) in [4.78, 5) is 42.9. The van der Waals surface area contributed by atoms with E-state index in [0.29, 0.717) is 60.8 Å². The molecule has 0 radical (unpaired) electrons. The lowest BCUT2D eigenvalue weighted by Crippen LogP contribution is -2.27.